The summed E-state index contributed by atoms with van der Waals surface area (Å²) in [7, 11) is 0. The van der Waals surface area contributed by atoms with Crippen LogP contribution in [-0.4, -0.2) is 17.7 Å². The van der Waals surface area contributed by atoms with Crippen LogP contribution in [0, 0.1) is 6.92 Å². The molecule has 0 aliphatic rings. The third kappa shape index (κ3) is 5.23. The Bertz CT molecular complexity index is 534. The molecule has 1 aromatic carbocycles. The van der Waals surface area contributed by atoms with Gasteiger partial charge in [0.1, 0.15) is 23.8 Å². The molecule has 1 N–H and O–H groups in total. The zero-order chi connectivity index (χ0) is 15.1. The van der Waals surface area contributed by atoms with Gasteiger partial charge in [0.2, 0.25) is 0 Å². The van der Waals surface area contributed by atoms with Crippen LogP contribution in [0.1, 0.15) is 37.3 Å². The zero-order valence-corrected chi connectivity index (χ0v) is 13.1. The maximum absolute atomic E-state index is 5.69. The standard InChI is InChI=1S/C17H24N2O2/c1-4-18-13(2)5-6-15-7-9-17(10-8-15)20-12-16-11-14(3)21-19-16/h7-11,13,18H,4-6,12H2,1-3H3. The molecule has 114 valence electrons. The lowest BCUT2D eigenvalue weighted by Crippen LogP contribution is -2.25. The molecule has 0 spiro atoms. The highest BCUT2D eigenvalue weighted by Gasteiger charge is 2.03. The van der Waals surface area contributed by atoms with Gasteiger partial charge in [-0.1, -0.05) is 24.2 Å². The topological polar surface area (TPSA) is 47.3 Å². The summed E-state index contributed by atoms with van der Waals surface area (Å²) in [5.74, 6) is 1.66. The predicted molar refractivity (Wildman–Crippen MR) is 83.5 cm³/mol. The van der Waals surface area contributed by atoms with Crippen molar-refractivity contribution < 1.29 is 9.26 Å². The first-order chi connectivity index (χ1) is 10.2. The Balaban J connectivity index is 1.78. The number of hydrogen-bond donors (Lipinski definition) is 1. The number of nitrogens with zero attached hydrogens (tertiary/aromatic N) is 1. The molecule has 1 atom stereocenters. The highest BCUT2D eigenvalue weighted by atomic mass is 16.5. The molecule has 0 radical (unpaired) electrons. The maximum Gasteiger partial charge on any atom is 0.134 e. The van der Waals surface area contributed by atoms with E-state index >= 15 is 0 Å². The quantitative estimate of drug-likeness (QED) is 0.807. The van der Waals surface area contributed by atoms with Crippen molar-refractivity contribution in [3.8, 4) is 5.75 Å². The molecule has 1 heterocycles. The van der Waals surface area contributed by atoms with Crippen molar-refractivity contribution in [2.24, 2.45) is 0 Å². The molecule has 0 fully saturated rings. The second-order valence-corrected chi connectivity index (χ2v) is 5.36. The minimum atomic E-state index is 0.439. The van der Waals surface area contributed by atoms with E-state index in [4.69, 9.17) is 9.26 Å². The average Bonchev–Trinajstić information content (AvgIpc) is 2.90. The van der Waals surface area contributed by atoms with Gasteiger partial charge in [-0.3, -0.25) is 0 Å². The number of hydrogen-bond acceptors (Lipinski definition) is 4. The minimum Gasteiger partial charge on any atom is -0.487 e. The molecule has 1 unspecified atom stereocenters. The van der Waals surface area contributed by atoms with E-state index in [1.807, 2.05) is 25.1 Å². The van der Waals surface area contributed by atoms with Crippen LogP contribution in [0.2, 0.25) is 0 Å². The number of ether oxygens (including phenoxy) is 1. The Hall–Kier alpha value is -1.81. The SMILES string of the molecule is CCNC(C)CCc1ccc(OCc2cc(C)on2)cc1. The van der Waals surface area contributed by atoms with Crippen LogP contribution < -0.4 is 10.1 Å². The van der Waals surface area contributed by atoms with E-state index < -0.39 is 0 Å². The van der Waals surface area contributed by atoms with Crippen molar-refractivity contribution in [1.82, 2.24) is 10.5 Å². The fraction of sp³-hybridized carbons (Fsp3) is 0.471. The molecule has 21 heavy (non-hydrogen) atoms. The normalized spacial score (nSPS) is 12.3. The Kier molecular flexibility index (Phi) is 5.81. The number of nitrogens with one attached hydrogen (secondary N) is 1. The summed E-state index contributed by atoms with van der Waals surface area (Å²) in [6.07, 6.45) is 2.23. The lowest BCUT2D eigenvalue weighted by molar-refractivity contribution is 0.288. The van der Waals surface area contributed by atoms with Crippen LogP contribution in [-0.2, 0) is 13.0 Å². The van der Waals surface area contributed by atoms with Gasteiger partial charge < -0.3 is 14.6 Å². The first-order valence-corrected chi connectivity index (χ1v) is 7.54. The summed E-state index contributed by atoms with van der Waals surface area (Å²) in [5, 5.41) is 7.33. The largest absolute Gasteiger partial charge is 0.487 e. The number of benzene rings is 1. The van der Waals surface area contributed by atoms with Gasteiger partial charge in [0.25, 0.3) is 0 Å². The highest BCUT2D eigenvalue weighted by Crippen LogP contribution is 2.15. The van der Waals surface area contributed by atoms with Crippen molar-refractivity contribution >= 4 is 0 Å². The van der Waals surface area contributed by atoms with E-state index in [2.05, 4.69) is 36.5 Å². The predicted octanol–water partition coefficient (Wildman–Crippen LogP) is 3.49. The Morgan fingerprint density at radius 2 is 2.05 bits per heavy atom. The van der Waals surface area contributed by atoms with Gasteiger partial charge in [-0.05, 0) is 50.9 Å². The fourth-order valence-electron chi connectivity index (χ4n) is 2.23. The van der Waals surface area contributed by atoms with E-state index in [0.29, 0.717) is 12.6 Å². The molecule has 0 aliphatic carbocycles. The monoisotopic (exact) mass is 288 g/mol. The summed E-state index contributed by atoms with van der Waals surface area (Å²) >= 11 is 0. The van der Waals surface area contributed by atoms with Gasteiger partial charge in [0.05, 0.1) is 0 Å². The molecule has 0 bridgehead atoms. The summed E-state index contributed by atoms with van der Waals surface area (Å²) in [6, 6.07) is 10.7. The van der Waals surface area contributed by atoms with Crippen LogP contribution in [0.4, 0.5) is 0 Å². The molecule has 0 amide bonds. The van der Waals surface area contributed by atoms with Crippen molar-refractivity contribution in [1.29, 1.82) is 0 Å². The van der Waals surface area contributed by atoms with Gasteiger partial charge in [0.15, 0.2) is 0 Å². The molecule has 4 nitrogen and oxygen atoms in total. The van der Waals surface area contributed by atoms with Crippen molar-refractivity contribution in [2.75, 3.05) is 6.54 Å². The van der Waals surface area contributed by atoms with E-state index in [0.717, 1.165) is 36.6 Å². The van der Waals surface area contributed by atoms with E-state index in [9.17, 15) is 0 Å². The van der Waals surface area contributed by atoms with E-state index in [1.54, 1.807) is 0 Å². The number of aryl methyl sites for hydroxylation is 2. The second kappa shape index (κ2) is 7.84. The molecule has 2 rings (SSSR count). The lowest BCUT2D eigenvalue weighted by atomic mass is 10.1. The molecule has 4 heteroatoms. The van der Waals surface area contributed by atoms with Gasteiger partial charge in [-0.15, -0.1) is 0 Å². The summed E-state index contributed by atoms with van der Waals surface area (Å²) in [5.41, 5.74) is 2.15. The molecule has 0 saturated carbocycles. The first-order valence-electron chi connectivity index (χ1n) is 7.54. The molecular formula is C17H24N2O2. The van der Waals surface area contributed by atoms with Gasteiger partial charge in [-0.2, -0.15) is 0 Å². The first kappa shape index (κ1) is 15.6. The molecular weight excluding hydrogens is 264 g/mol. The molecule has 2 aromatic rings. The van der Waals surface area contributed by atoms with Gasteiger partial charge >= 0.3 is 0 Å². The fourth-order valence-corrected chi connectivity index (χ4v) is 2.23. The van der Waals surface area contributed by atoms with Crippen molar-refractivity contribution in [3.05, 3.63) is 47.3 Å². The van der Waals surface area contributed by atoms with Gasteiger partial charge in [-0.25, -0.2) is 0 Å². The van der Waals surface area contributed by atoms with Crippen molar-refractivity contribution in [3.63, 3.8) is 0 Å². The molecule has 1 aromatic heterocycles. The Labute approximate surface area is 126 Å². The second-order valence-electron chi connectivity index (χ2n) is 5.36. The maximum atomic E-state index is 5.69. The molecule has 0 aliphatic heterocycles. The Morgan fingerprint density at radius 1 is 1.29 bits per heavy atom. The third-order valence-corrected chi connectivity index (χ3v) is 3.41. The van der Waals surface area contributed by atoms with E-state index in [-0.39, 0.29) is 0 Å². The minimum absolute atomic E-state index is 0.439. The van der Waals surface area contributed by atoms with Crippen LogP contribution in [0.3, 0.4) is 0 Å². The number of rotatable bonds is 8. The van der Waals surface area contributed by atoms with Crippen molar-refractivity contribution in [2.45, 2.75) is 46.3 Å². The van der Waals surface area contributed by atoms with Crippen LogP contribution in [0.5, 0.6) is 5.75 Å². The Morgan fingerprint density at radius 3 is 2.67 bits per heavy atom. The average molecular weight is 288 g/mol. The summed E-state index contributed by atoms with van der Waals surface area (Å²) in [4.78, 5) is 0. The van der Waals surface area contributed by atoms with Crippen LogP contribution in [0.25, 0.3) is 0 Å². The summed E-state index contributed by atoms with van der Waals surface area (Å²) in [6.45, 7) is 7.70. The number of aromatic nitrogens is 1. The van der Waals surface area contributed by atoms with E-state index in [1.165, 1.54) is 5.56 Å². The van der Waals surface area contributed by atoms with Gasteiger partial charge in [0, 0.05) is 12.1 Å². The summed E-state index contributed by atoms with van der Waals surface area (Å²) < 4.78 is 10.7. The smallest absolute Gasteiger partial charge is 0.134 e. The molecule has 0 saturated heterocycles. The lowest BCUT2D eigenvalue weighted by Gasteiger charge is -2.12. The third-order valence-electron chi connectivity index (χ3n) is 3.41. The van der Waals surface area contributed by atoms with Crippen LogP contribution >= 0.6 is 0 Å². The highest BCUT2D eigenvalue weighted by molar-refractivity contribution is 5.27. The van der Waals surface area contributed by atoms with Crippen LogP contribution in [0.15, 0.2) is 34.9 Å². The zero-order valence-electron chi connectivity index (χ0n) is 13.1.